The molecule has 2 saturated carbocycles. The molecular weight excluding hydrogens is 560 g/mol. The van der Waals surface area contributed by atoms with E-state index in [1.807, 2.05) is 64.2 Å². The van der Waals surface area contributed by atoms with Crippen molar-refractivity contribution in [1.29, 1.82) is 5.26 Å². The topological polar surface area (TPSA) is 23.8 Å². The Labute approximate surface area is 264 Å². The van der Waals surface area contributed by atoms with Gasteiger partial charge in [-0.05, 0) is 64.2 Å². The average molecular weight is 597 g/mol. The number of hydrogen-bond donors (Lipinski definition) is 0. The van der Waals surface area contributed by atoms with Gasteiger partial charge in [-0.15, -0.1) is 0 Å². The van der Waals surface area contributed by atoms with Crippen LogP contribution in [-0.2, 0) is 26.2 Å². The molecule has 10 radical (unpaired) electrons. The molecule has 0 saturated heterocycles. The van der Waals surface area contributed by atoms with Gasteiger partial charge in [-0.25, -0.2) is 0 Å². The summed E-state index contributed by atoms with van der Waals surface area (Å²) in [4.78, 5) is 0. The van der Waals surface area contributed by atoms with E-state index >= 15 is 0 Å². The third kappa shape index (κ3) is 10.4. The molecule has 0 heterocycles. The van der Waals surface area contributed by atoms with Crippen LogP contribution in [0.4, 0.5) is 0 Å². The standard InChI is InChI=1S/C24H20B.2C5H5.C2H3N.CH3.Zr/c1-5-13-21(14-6-1)25(22-15-7-2-8-16-22,23-17-9-3-10-18-23)24-19-11-4-12-20-24;2*1-2-4-5-3-1;1-2-3;;/h1-20H;2*1-5H;1H3;1H3;/q-1;;;;-1;+2. The van der Waals surface area contributed by atoms with Crippen molar-refractivity contribution in [2.75, 3.05) is 0 Å². The van der Waals surface area contributed by atoms with Gasteiger partial charge < -0.3 is 7.43 Å². The molecule has 196 valence electrons. The van der Waals surface area contributed by atoms with Crippen molar-refractivity contribution in [3.05, 3.63) is 193 Å². The van der Waals surface area contributed by atoms with Crippen LogP contribution >= 0.6 is 0 Å². The molecule has 40 heavy (non-hydrogen) atoms. The second-order valence-electron chi connectivity index (χ2n) is 8.66. The predicted molar refractivity (Wildman–Crippen MR) is 171 cm³/mol. The van der Waals surface area contributed by atoms with Gasteiger partial charge in [-0.1, -0.05) is 121 Å². The molecule has 3 heteroatoms. The SMILES string of the molecule is CC#N.[CH3-].[CH]1[CH][CH][CH][CH]1.[CH]1[CH][CH][CH][CH]1.[Zr+2].c1ccc([B-](c2ccccc2)(c2ccccc2)c2ccccc2)cc1. The molecule has 0 bridgehead atoms. The van der Waals surface area contributed by atoms with E-state index in [2.05, 4.69) is 121 Å². The fourth-order valence-corrected chi connectivity index (χ4v) is 4.76. The molecule has 1 nitrogen and oxygen atoms in total. The quantitative estimate of drug-likeness (QED) is 0.207. The first-order chi connectivity index (χ1) is 18.8. The number of nitrogens with zero attached hydrogens (tertiary/aromatic N) is 1. The van der Waals surface area contributed by atoms with Crippen molar-refractivity contribution in [3.8, 4) is 6.07 Å². The summed E-state index contributed by atoms with van der Waals surface area (Å²) in [5, 5.41) is 7.32. The molecule has 2 fully saturated rings. The zero-order valence-electron chi connectivity index (χ0n) is 23.3. The van der Waals surface area contributed by atoms with E-state index in [4.69, 9.17) is 5.26 Å². The minimum Gasteiger partial charge on any atom is -0.358 e. The summed E-state index contributed by atoms with van der Waals surface area (Å²) in [7, 11) is 0. The Hall–Kier alpha value is -2.68. The van der Waals surface area contributed by atoms with Crippen LogP contribution in [0.25, 0.3) is 0 Å². The molecule has 0 aromatic heterocycles. The molecule has 0 unspecified atom stereocenters. The van der Waals surface area contributed by atoms with E-state index < -0.39 is 6.15 Å². The van der Waals surface area contributed by atoms with Crippen molar-refractivity contribution in [2.24, 2.45) is 0 Å². The van der Waals surface area contributed by atoms with Crippen LogP contribution in [0, 0.1) is 83.0 Å². The van der Waals surface area contributed by atoms with Gasteiger partial charge in [0.15, 0.2) is 0 Å². The summed E-state index contributed by atoms with van der Waals surface area (Å²) in [6.07, 6.45) is 18.8. The smallest absolute Gasteiger partial charge is 0.358 e. The summed E-state index contributed by atoms with van der Waals surface area (Å²) in [6.45, 7) is 1.43. The fraction of sp³-hybridized carbons (Fsp3) is 0.0270. The third-order valence-corrected chi connectivity index (χ3v) is 6.31. The first-order valence-corrected chi connectivity index (χ1v) is 12.9. The van der Waals surface area contributed by atoms with Gasteiger partial charge in [-0.2, -0.15) is 27.1 Å². The van der Waals surface area contributed by atoms with Crippen LogP contribution < -0.4 is 21.9 Å². The molecule has 6 rings (SSSR count). The minimum absolute atomic E-state index is 0. The normalized spacial score (nSPS) is 13.2. The summed E-state index contributed by atoms with van der Waals surface area (Å²) in [5.74, 6) is 0. The van der Waals surface area contributed by atoms with Gasteiger partial charge in [0.2, 0.25) is 0 Å². The molecule has 4 aromatic carbocycles. The molecule has 0 aliphatic heterocycles. The Bertz CT molecular complexity index is 978. The van der Waals surface area contributed by atoms with Crippen molar-refractivity contribution in [2.45, 2.75) is 6.92 Å². The van der Waals surface area contributed by atoms with Gasteiger partial charge in [-0.3, -0.25) is 0 Å². The van der Waals surface area contributed by atoms with Gasteiger partial charge >= 0.3 is 26.2 Å². The van der Waals surface area contributed by atoms with Gasteiger partial charge in [0.05, 0.1) is 6.07 Å². The Kier molecular flexibility index (Phi) is 18.7. The van der Waals surface area contributed by atoms with E-state index in [0.29, 0.717) is 0 Å². The zero-order chi connectivity index (χ0) is 26.7. The number of hydrogen-bond acceptors (Lipinski definition) is 1. The van der Waals surface area contributed by atoms with Crippen molar-refractivity contribution < 1.29 is 26.2 Å². The second kappa shape index (κ2) is 21.1. The number of rotatable bonds is 4. The monoisotopic (exact) mass is 595 g/mol. The van der Waals surface area contributed by atoms with Crippen LogP contribution in [0.15, 0.2) is 121 Å². The Morgan fingerprint density at radius 1 is 0.400 bits per heavy atom. The molecule has 0 N–H and O–H groups in total. The molecule has 4 aromatic rings. The van der Waals surface area contributed by atoms with E-state index in [1.165, 1.54) is 28.8 Å². The van der Waals surface area contributed by atoms with E-state index in [-0.39, 0.29) is 33.6 Å². The summed E-state index contributed by atoms with van der Waals surface area (Å²) in [5.41, 5.74) is 5.36. The van der Waals surface area contributed by atoms with Crippen LogP contribution in [-0.4, -0.2) is 6.15 Å². The summed E-state index contributed by atoms with van der Waals surface area (Å²) in [6, 6.07) is 45.3. The van der Waals surface area contributed by atoms with Crippen molar-refractivity contribution in [3.63, 3.8) is 0 Å². The first kappa shape index (κ1) is 35.3. The van der Waals surface area contributed by atoms with Gasteiger partial charge in [0.25, 0.3) is 0 Å². The molecule has 0 spiro atoms. The maximum atomic E-state index is 7.32. The van der Waals surface area contributed by atoms with Crippen LogP contribution in [0.2, 0.25) is 0 Å². The molecule has 2 aliphatic carbocycles. The largest absolute Gasteiger partial charge is 2.00 e. The van der Waals surface area contributed by atoms with E-state index in [9.17, 15) is 0 Å². The number of benzene rings is 4. The Morgan fingerprint density at radius 2 is 0.550 bits per heavy atom. The van der Waals surface area contributed by atoms with Crippen molar-refractivity contribution in [1.82, 2.24) is 0 Å². The average Bonchev–Trinajstić information content (AvgIpc) is 3.77. The summed E-state index contributed by atoms with van der Waals surface area (Å²) < 4.78 is 0. The van der Waals surface area contributed by atoms with Crippen LogP contribution in [0.3, 0.4) is 0 Å². The van der Waals surface area contributed by atoms with E-state index in [0.717, 1.165) is 0 Å². The van der Waals surface area contributed by atoms with Gasteiger partial charge in [0.1, 0.15) is 6.15 Å². The van der Waals surface area contributed by atoms with Crippen LogP contribution in [0.1, 0.15) is 6.92 Å². The van der Waals surface area contributed by atoms with E-state index in [1.54, 1.807) is 6.07 Å². The molecular formula is C37H36BNZr. The number of nitriles is 1. The third-order valence-electron chi connectivity index (χ3n) is 6.31. The zero-order valence-corrected chi connectivity index (χ0v) is 25.8. The maximum Gasteiger partial charge on any atom is 2.00 e. The molecule has 2 aliphatic rings. The Morgan fingerprint density at radius 3 is 0.700 bits per heavy atom. The first-order valence-electron chi connectivity index (χ1n) is 12.9. The fourth-order valence-electron chi connectivity index (χ4n) is 4.76. The predicted octanol–water partition coefficient (Wildman–Crippen LogP) is 6.08. The van der Waals surface area contributed by atoms with Gasteiger partial charge in [0, 0.05) is 6.92 Å². The Balaban J connectivity index is 0.000000441. The second-order valence-corrected chi connectivity index (χ2v) is 8.66. The minimum atomic E-state index is -1.22. The summed E-state index contributed by atoms with van der Waals surface area (Å²) >= 11 is 0. The maximum absolute atomic E-state index is 7.32. The molecule has 0 atom stereocenters. The van der Waals surface area contributed by atoms with Crippen molar-refractivity contribution >= 4 is 28.0 Å². The molecule has 0 amide bonds. The van der Waals surface area contributed by atoms with Crippen LogP contribution in [0.5, 0.6) is 0 Å².